The van der Waals surface area contributed by atoms with Gasteiger partial charge >= 0.3 is 5.76 Å². The Labute approximate surface area is 96.9 Å². The number of aromatic nitrogens is 2. The van der Waals surface area contributed by atoms with Gasteiger partial charge < -0.3 is 4.42 Å². The molecule has 4 heteroatoms. The minimum atomic E-state index is -0.439. The van der Waals surface area contributed by atoms with Crippen LogP contribution in [-0.4, -0.2) is 9.97 Å². The van der Waals surface area contributed by atoms with Crippen molar-refractivity contribution in [3.8, 4) is 11.3 Å². The number of nitrogens with one attached hydrogen (secondary N) is 1. The van der Waals surface area contributed by atoms with E-state index < -0.39 is 5.76 Å². The highest BCUT2D eigenvalue weighted by Gasteiger charge is 2.09. The molecular formula is C13H10N2O2. The van der Waals surface area contributed by atoms with Crippen molar-refractivity contribution < 1.29 is 4.42 Å². The average Bonchev–Trinajstić information content (AvgIpc) is 2.68. The van der Waals surface area contributed by atoms with Crippen LogP contribution in [-0.2, 0) is 0 Å². The van der Waals surface area contributed by atoms with Crippen LogP contribution in [0.5, 0.6) is 0 Å². The molecule has 3 rings (SSSR count). The summed E-state index contributed by atoms with van der Waals surface area (Å²) in [6.45, 7) is 1.80. The second kappa shape index (κ2) is 3.59. The van der Waals surface area contributed by atoms with Crippen LogP contribution < -0.4 is 5.76 Å². The van der Waals surface area contributed by atoms with Gasteiger partial charge in [-0.1, -0.05) is 18.2 Å². The molecular weight excluding hydrogens is 216 g/mol. The molecule has 0 spiro atoms. The summed E-state index contributed by atoms with van der Waals surface area (Å²) in [5.74, 6) is 0.110. The first-order valence-electron chi connectivity index (χ1n) is 5.29. The highest BCUT2D eigenvalue weighted by molar-refractivity contribution is 5.82. The molecule has 84 valence electrons. The Hall–Kier alpha value is -2.36. The summed E-state index contributed by atoms with van der Waals surface area (Å²) >= 11 is 0. The molecule has 1 aromatic carbocycles. The average molecular weight is 226 g/mol. The molecule has 0 saturated heterocycles. The molecule has 17 heavy (non-hydrogen) atoms. The third-order valence-electron chi connectivity index (χ3n) is 2.68. The highest BCUT2D eigenvalue weighted by Crippen LogP contribution is 2.23. The van der Waals surface area contributed by atoms with Crippen molar-refractivity contribution in [2.45, 2.75) is 6.92 Å². The SMILES string of the molecule is Cc1[nH]c(=O)oc1-c1cnc2ccccc2c1. The Morgan fingerprint density at radius 2 is 2.12 bits per heavy atom. The Kier molecular flexibility index (Phi) is 2.08. The molecule has 0 bridgehead atoms. The van der Waals surface area contributed by atoms with Crippen LogP contribution >= 0.6 is 0 Å². The number of pyridine rings is 1. The van der Waals surface area contributed by atoms with Crippen LogP contribution in [0.1, 0.15) is 5.69 Å². The Morgan fingerprint density at radius 3 is 2.88 bits per heavy atom. The van der Waals surface area contributed by atoms with E-state index in [9.17, 15) is 4.79 Å². The number of H-pyrrole nitrogens is 1. The van der Waals surface area contributed by atoms with Gasteiger partial charge in [0.1, 0.15) is 0 Å². The minimum Gasteiger partial charge on any atom is -0.408 e. The summed E-state index contributed by atoms with van der Waals surface area (Å²) in [6.07, 6.45) is 1.71. The maximum absolute atomic E-state index is 11.1. The Morgan fingerprint density at radius 1 is 1.29 bits per heavy atom. The second-order valence-corrected chi connectivity index (χ2v) is 3.89. The zero-order chi connectivity index (χ0) is 11.8. The van der Waals surface area contributed by atoms with Gasteiger partial charge in [-0.2, -0.15) is 0 Å². The van der Waals surface area contributed by atoms with Crippen LogP contribution in [0.15, 0.2) is 45.7 Å². The lowest BCUT2D eigenvalue weighted by molar-refractivity contribution is 0.528. The van der Waals surface area contributed by atoms with Gasteiger partial charge in [0.2, 0.25) is 0 Å². The van der Waals surface area contributed by atoms with Gasteiger partial charge in [-0.15, -0.1) is 0 Å². The maximum atomic E-state index is 11.1. The fourth-order valence-electron chi connectivity index (χ4n) is 1.88. The van der Waals surface area contributed by atoms with Crippen molar-refractivity contribution in [2.24, 2.45) is 0 Å². The van der Waals surface area contributed by atoms with Crippen LogP contribution in [0.25, 0.3) is 22.2 Å². The molecule has 0 aliphatic rings. The molecule has 0 unspecified atom stereocenters. The molecule has 1 N–H and O–H groups in total. The molecule has 0 aliphatic heterocycles. The van der Waals surface area contributed by atoms with Crippen LogP contribution in [0.3, 0.4) is 0 Å². The van der Waals surface area contributed by atoms with Gasteiger partial charge in [-0.3, -0.25) is 9.97 Å². The molecule has 4 nitrogen and oxygen atoms in total. The van der Waals surface area contributed by atoms with Crippen molar-refractivity contribution in [3.05, 3.63) is 52.8 Å². The molecule has 0 fully saturated rings. The molecule has 2 aromatic heterocycles. The number of hydrogen-bond donors (Lipinski definition) is 1. The summed E-state index contributed by atoms with van der Waals surface area (Å²) in [6, 6.07) is 9.78. The quantitative estimate of drug-likeness (QED) is 0.693. The van der Waals surface area contributed by atoms with E-state index in [0.29, 0.717) is 11.5 Å². The monoisotopic (exact) mass is 226 g/mol. The first-order valence-corrected chi connectivity index (χ1v) is 5.29. The number of nitrogens with zero attached hydrogens (tertiary/aromatic N) is 1. The zero-order valence-electron chi connectivity index (χ0n) is 9.23. The van der Waals surface area contributed by atoms with Gasteiger partial charge in [-0.05, 0) is 19.1 Å². The lowest BCUT2D eigenvalue weighted by Crippen LogP contribution is -1.94. The third-order valence-corrected chi connectivity index (χ3v) is 2.68. The van der Waals surface area contributed by atoms with Crippen LogP contribution in [0.4, 0.5) is 0 Å². The number of benzene rings is 1. The van der Waals surface area contributed by atoms with Crippen molar-refractivity contribution >= 4 is 10.9 Å². The zero-order valence-corrected chi connectivity index (χ0v) is 9.23. The van der Waals surface area contributed by atoms with E-state index in [2.05, 4.69) is 9.97 Å². The number of aromatic amines is 1. The van der Waals surface area contributed by atoms with Gasteiger partial charge in [-0.25, -0.2) is 4.79 Å². The molecule has 3 aromatic rings. The van der Waals surface area contributed by atoms with E-state index in [-0.39, 0.29) is 0 Å². The fourth-order valence-corrected chi connectivity index (χ4v) is 1.88. The predicted octanol–water partition coefficient (Wildman–Crippen LogP) is 2.49. The number of aryl methyl sites for hydroxylation is 1. The number of rotatable bonds is 1. The van der Waals surface area contributed by atoms with E-state index in [4.69, 9.17) is 4.42 Å². The fraction of sp³-hybridized carbons (Fsp3) is 0.0769. The van der Waals surface area contributed by atoms with E-state index in [0.717, 1.165) is 16.5 Å². The summed E-state index contributed by atoms with van der Waals surface area (Å²) in [4.78, 5) is 18.0. The van der Waals surface area contributed by atoms with Crippen LogP contribution in [0, 0.1) is 6.92 Å². The van der Waals surface area contributed by atoms with Gasteiger partial charge in [0.05, 0.1) is 11.2 Å². The Balaban J connectivity index is 2.24. The third kappa shape index (κ3) is 1.63. The van der Waals surface area contributed by atoms with Gasteiger partial charge in [0, 0.05) is 17.1 Å². The molecule has 0 radical (unpaired) electrons. The van der Waals surface area contributed by atoms with Crippen molar-refractivity contribution in [3.63, 3.8) is 0 Å². The van der Waals surface area contributed by atoms with E-state index in [1.165, 1.54) is 0 Å². The topological polar surface area (TPSA) is 58.9 Å². The number of oxazole rings is 1. The Bertz CT molecular complexity index is 740. The molecule has 0 amide bonds. The van der Waals surface area contributed by atoms with Crippen molar-refractivity contribution in [1.82, 2.24) is 9.97 Å². The lowest BCUT2D eigenvalue weighted by Gasteiger charge is -2.00. The second-order valence-electron chi connectivity index (χ2n) is 3.89. The standard InChI is InChI=1S/C13H10N2O2/c1-8-12(17-13(16)15-8)10-6-9-4-2-3-5-11(9)14-7-10/h2-7H,1H3,(H,15,16). The molecule has 0 atom stereocenters. The van der Waals surface area contributed by atoms with Gasteiger partial charge in [0.15, 0.2) is 5.76 Å². The van der Waals surface area contributed by atoms with E-state index in [1.807, 2.05) is 30.3 Å². The predicted molar refractivity (Wildman–Crippen MR) is 64.8 cm³/mol. The maximum Gasteiger partial charge on any atom is 0.417 e. The normalized spacial score (nSPS) is 10.9. The number of hydrogen-bond acceptors (Lipinski definition) is 3. The summed E-state index contributed by atoms with van der Waals surface area (Å²) in [5, 5.41) is 1.02. The number of fused-ring (bicyclic) bond motifs is 1. The van der Waals surface area contributed by atoms with Gasteiger partial charge in [0.25, 0.3) is 0 Å². The number of para-hydroxylation sites is 1. The lowest BCUT2D eigenvalue weighted by atomic mass is 10.1. The first kappa shape index (κ1) is 9.84. The summed E-state index contributed by atoms with van der Waals surface area (Å²) in [5.41, 5.74) is 2.44. The largest absolute Gasteiger partial charge is 0.417 e. The van der Waals surface area contributed by atoms with Crippen molar-refractivity contribution in [2.75, 3.05) is 0 Å². The molecule has 0 aliphatic carbocycles. The molecule has 2 heterocycles. The first-order chi connectivity index (χ1) is 8.24. The minimum absolute atomic E-state index is 0.439. The molecule has 0 saturated carbocycles. The van der Waals surface area contributed by atoms with E-state index >= 15 is 0 Å². The van der Waals surface area contributed by atoms with Crippen molar-refractivity contribution in [1.29, 1.82) is 0 Å². The smallest absolute Gasteiger partial charge is 0.408 e. The van der Waals surface area contributed by atoms with E-state index in [1.54, 1.807) is 13.1 Å². The highest BCUT2D eigenvalue weighted by atomic mass is 16.4. The van der Waals surface area contributed by atoms with Crippen LogP contribution in [0.2, 0.25) is 0 Å². The summed E-state index contributed by atoms with van der Waals surface area (Å²) < 4.78 is 5.10. The summed E-state index contributed by atoms with van der Waals surface area (Å²) in [7, 11) is 0.